The minimum Gasteiger partial charge on any atom is -0.488 e. The summed E-state index contributed by atoms with van der Waals surface area (Å²) in [5.41, 5.74) is 3.09. The molecule has 0 bridgehead atoms. The number of nitrogens with zero attached hydrogens (tertiary/aromatic N) is 2. The van der Waals surface area contributed by atoms with E-state index in [9.17, 15) is 0 Å². The third-order valence-electron chi connectivity index (χ3n) is 3.77. The van der Waals surface area contributed by atoms with E-state index in [2.05, 4.69) is 17.1 Å². The van der Waals surface area contributed by atoms with Crippen molar-refractivity contribution in [1.29, 1.82) is 0 Å². The Balaban J connectivity index is 1.69. The highest BCUT2D eigenvalue weighted by atomic mass is 32.1. The number of pyridine rings is 1. The Kier molecular flexibility index (Phi) is 4.53. The van der Waals surface area contributed by atoms with Crippen LogP contribution in [-0.4, -0.2) is 9.97 Å². The lowest BCUT2D eigenvalue weighted by atomic mass is 10.1. The number of hydrogen-bond donors (Lipinski definition) is 0. The summed E-state index contributed by atoms with van der Waals surface area (Å²) in [6, 6.07) is 24.0. The fraction of sp³-hybridized carbons (Fsp3) is 0.0476. The maximum atomic E-state index is 5.96. The van der Waals surface area contributed by atoms with Crippen LogP contribution in [0.3, 0.4) is 0 Å². The molecular formula is C21H16N2OS. The van der Waals surface area contributed by atoms with Crippen LogP contribution in [0, 0.1) is 0 Å². The molecule has 122 valence electrons. The Morgan fingerprint density at radius 3 is 2.24 bits per heavy atom. The van der Waals surface area contributed by atoms with Gasteiger partial charge in [-0.25, -0.2) is 4.98 Å². The molecule has 0 fully saturated rings. The van der Waals surface area contributed by atoms with Gasteiger partial charge in [0.15, 0.2) is 0 Å². The Morgan fingerprint density at radius 1 is 0.800 bits per heavy atom. The number of rotatable bonds is 5. The van der Waals surface area contributed by atoms with E-state index in [0.717, 1.165) is 32.5 Å². The summed E-state index contributed by atoms with van der Waals surface area (Å²) in [5, 5.41) is 0.957. The lowest BCUT2D eigenvalue weighted by Gasteiger charge is -2.06. The van der Waals surface area contributed by atoms with Gasteiger partial charge in [-0.05, 0) is 24.3 Å². The van der Waals surface area contributed by atoms with Crippen LogP contribution >= 0.6 is 11.3 Å². The van der Waals surface area contributed by atoms with Gasteiger partial charge >= 0.3 is 0 Å². The molecule has 4 aromatic rings. The van der Waals surface area contributed by atoms with Gasteiger partial charge in [-0.15, -0.1) is 11.3 Å². The maximum Gasteiger partial charge on any atom is 0.125 e. The van der Waals surface area contributed by atoms with Gasteiger partial charge in [0.2, 0.25) is 0 Å². The van der Waals surface area contributed by atoms with Gasteiger partial charge in [0.05, 0.1) is 10.6 Å². The van der Waals surface area contributed by atoms with Crippen LogP contribution in [0.25, 0.3) is 21.8 Å². The first-order valence-electron chi connectivity index (χ1n) is 8.03. The number of hydrogen-bond acceptors (Lipinski definition) is 4. The molecule has 4 rings (SSSR count). The van der Waals surface area contributed by atoms with Gasteiger partial charge in [-0.3, -0.25) is 4.98 Å². The zero-order valence-electron chi connectivity index (χ0n) is 13.5. The van der Waals surface area contributed by atoms with E-state index in [4.69, 9.17) is 9.72 Å². The monoisotopic (exact) mass is 344 g/mol. The largest absolute Gasteiger partial charge is 0.488 e. The zero-order chi connectivity index (χ0) is 16.9. The highest BCUT2D eigenvalue weighted by Gasteiger charge is 2.15. The van der Waals surface area contributed by atoms with Crippen molar-refractivity contribution in [3.8, 4) is 27.6 Å². The normalized spacial score (nSPS) is 10.6. The Labute approximate surface area is 150 Å². The highest BCUT2D eigenvalue weighted by Crippen LogP contribution is 2.34. The third kappa shape index (κ3) is 3.59. The van der Waals surface area contributed by atoms with E-state index in [1.807, 2.05) is 66.9 Å². The number of aromatic nitrogens is 2. The second-order valence-electron chi connectivity index (χ2n) is 5.50. The average molecular weight is 344 g/mol. The van der Waals surface area contributed by atoms with E-state index >= 15 is 0 Å². The topological polar surface area (TPSA) is 35.0 Å². The molecule has 0 radical (unpaired) electrons. The molecule has 0 N–H and O–H groups in total. The third-order valence-corrected chi connectivity index (χ3v) is 4.84. The first kappa shape index (κ1) is 15.5. The molecule has 4 heteroatoms. The van der Waals surface area contributed by atoms with Crippen LogP contribution in [0.5, 0.6) is 5.75 Å². The molecule has 0 atom stereocenters. The van der Waals surface area contributed by atoms with E-state index in [-0.39, 0.29) is 0 Å². The summed E-state index contributed by atoms with van der Waals surface area (Å²) in [4.78, 5) is 10.2. The lowest BCUT2D eigenvalue weighted by Crippen LogP contribution is -1.95. The first-order chi connectivity index (χ1) is 12.4. The van der Waals surface area contributed by atoms with Gasteiger partial charge in [-0.1, -0.05) is 48.5 Å². The zero-order valence-corrected chi connectivity index (χ0v) is 14.3. The molecule has 2 aromatic heterocycles. The van der Waals surface area contributed by atoms with Gasteiger partial charge in [-0.2, -0.15) is 0 Å². The van der Waals surface area contributed by atoms with Crippen molar-refractivity contribution < 1.29 is 4.74 Å². The van der Waals surface area contributed by atoms with Crippen LogP contribution in [0.15, 0.2) is 85.2 Å². The summed E-state index contributed by atoms with van der Waals surface area (Å²) < 4.78 is 5.96. The first-order valence-corrected chi connectivity index (χ1v) is 8.85. The Bertz CT molecular complexity index is 938. The highest BCUT2D eigenvalue weighted by molar-refractivity contribution is 7.15. The molecule has 0 saturated carbocycles. The fourth-order valence-corrected chi connectivity index (χ4v) is 3.54. The van der Waals surface area contributed by atoms with Crippen molar-refractivity contribution in [2.24, 2.45) is 0 Å². The molecule has 25 heavy (non-hydrogen) atoms. The summed E-state index contributed by atoms with van der Waals surface area (Å²) in [7, 11) is 0. The summed E-state index contributed by atoms with van der Waals surface area (Å²) in [6.45, 7) is 0.492. The number of ether oxygens (including phenoxy) is 1. The van der Waals surface area contributed by atoms with Crippen molar-refractivity contribution in [3.05, 3.63) is 90.1 Å². The van der Waals surface area contributed by atoms with Gasteiger partial charge in [0.1, 0.15) is 17.4 Å². The molecule has 0 saturated heterocycles. The van der Waals surface area contributed by atoms with Crippen molar-refractivity contribution in [2.45, 2.75) is 6.61 Å². The minimum absolute atomic E-state index is 0.492. The van der Waals surface area contributed by atoms with Crippen molar-refractivity contribution in [2.75, 3.05) is 0 Å². The van der Waals surface area contributed by atoms with Crippen molar-refractivity contribution in [1.82, 2.24) is 9.97 Å². The maximum absolute atomic E-state index is 5.96. The standard InChI is InChI=1S/C21H16N2OS/c1-3-8-16(9-4-1)20-19(15-24-18-11-5-2-6-12-18)25-21(23-20)17-10-7-13-22-14-17/h1-14H,15H2. The molecule has 0 aliphatic heterocycles. The van der Waals surface area contributed by atoms with E-state index in [1.54, 1.807) is 17.5 Å². The van der Waals surface area contributed by atoms with Crippen LogP contribution in [0.1, 0.15) is 4.88 Å². The van der Waals surface area contributed by atoms with E-state index in [0.29, 0.717) is 6.61 Å². The van der Waals surface area contributed by atoms with Crippen LogP contribution < -0.4 is 4.74 Å². The minimum atomic E-state index is 0.492. The molecule has 0 aliphatic rings. The summed E-state index contributed by atoms with van der Waals surface area (Å²) >= 11 is 1.65. The Morgan fingerprint density at radius 2 is 1.52 bits per heavy atom. The molecule has 0 amide bonds. The smallest absolute Gasteiger partial charge is 0.125 e. The summed E-state index contributed by atoms with van der Waals surface area (Å²) in [6.07, 6.45) is 3.62. The lowest BCUT2D eigenvalue weighted by molar-refractivity contribution is 0.310. The number of thiazole rings is 1. The van der Waals surface area contributed by atoms with Crippen molar-refractivity contribution >= 4 is 11.3 Å². The number of benzene rings is 2. The van der Waals surface area contributed by atoms with Crippen LogP contribution in [0.4, 0.5) is 0 Å². The van der Waals surface area contributed by atoms with Crippen LogP contribution in [0.2, 0.25) is 0 Å². The summed E-state index contributed by atoms with van der Waals surface area (Å²) in [5.74, 6) is 0.859. The second-order valence-corrected chi connectivity index (χ2v) is 6.58. The van der Waals surface area contributed by atoms with Crippen molar-refractivity contribution in [3.63, 3.8) is 0 Å². The van der Waals surface area contributed by atoms with Gasteiger partial charge in [0, 0.05) is 23.5 Å². The van der Waals surface area contributed by atoms with Gasteiger partial charge < -0.3 is 4.74 Å². The fourth-order valence-electron chi connectivity index (χ4n) is 2.55. The Hall–Kier alpha value is -2.98. The molecule has 2 aromatic carbocycles. The average Bonchev–Trinajstić information content (AvgIpc) is 3.13. The van der Waals surface area contributed by atoms with E-state index in [1.165, 1.54) is 0 Å². The molecule has 0 unspecified atom stereocenters. The van der Waals surface area contributed by atoms with E-state index < -0.39 is 0 Å². The predicted molar refractivity (Wildman–Crippen MR) is 102 cm³/mol. The molecule has 0 aliphatic carbocycles. The van der Waals surface area contributed by atoms with Gasteiger partial charge in [0.25, 0.3) is 0 Å². The quantitative estimate of drug-likeness (QED) is 0.483. The SMILES string of the molecule is c1ccc(OCc2sc(-c3cccnc3)nc2-c2ccccc2)cc1. The molecule has 0 spiro atoms. The molecular weight excluding hydrogens is 328 g/mol. The molecule has 3 nitrogen and oxygen atoms in total. The number of para-hydroxylation sites is 1. The predicted octanol–water partition coefficient (Wildman–Crippen LogP) is 5.45. The van der Waals surface area contributed by atoms with Crippen LogP contribution in [-0.2, 0) is 6.61 Å². The molecule has 2 heterocycles. The second kappa shape index (κ2) is 7.28.